The van der Waals surface area contributed by atoms with E-state index in [2.05, 4.69) is 17.2 Å². The molecule has 0 aliphatic carbocycles. The topological polar surface area (TPSA) is 44.4 Å². The number of hydrogen-bond donors (Lipinski definition) is 2. The third-order valence-electron chi connectivity index (χ3n) is 2.31. The summed E-state index contributed by atoms with van der Waals surface area (Å²) in [5, 5.41) is 5.43. The van der Waals surface area contributed by atoms with Crippen LogP contribution in [0.3, 0.4) is 0 Å². The molecular weight excluding hydrogens is 214 g/mol. The van der Waals surface area contributed by atoms with E-state index in [-0.39, 0.29) is 6.03 Å². The molecule has 0 atom stereocenters. The van der Waals surface area contributed by atoms with Crippen molar-refractivity contribution in [2.75, 3.05) is 25.5 Å². The molecule has 0 unspecified atom stereocenters. The first kappa shape index (κ1) is 13.1. The number of carbonyl (C=O) groups excluding carboxylic acids is 1. The Morgan fingerprint density at radius 1 is 1.29 bits per heavy atom. The normalized spacial score (nSPS) is 9.53. The summed E-state index contributed by atoms with van der Waals surface area (Å²) in [6.07, 6.45) is 1.64. The zero-order chi connectivity index (χ0) is 12.7. The highest BCUT2D eigenvalue weighted by molar-refractivity contribution is 5.73. The maximum Gasteiger partial charge on any atom is 0.315 e. The molecule has 4 nitrogen and oxygen atoms in total. The molecule has 1 aromatic rings. The summed E-state index contributed by atoms with van der Waals surface area (Å²) in [6, 6.07) is 7.88. The van der Waals surface area contributed by atoms with Crippen molar-refractivity contribution in [1.82, 2.24) is 10.6 Å². The molecule has 92 valence electrons. The second-order valence-corrected chi connectivity index (χ2v) is 3.91. The minimum absolute atomic E-state index is 0.179. The largest absolute Gasteiger partial charge is 0.378 e. The van der Waals surface area contributed by atoms with Gasteiger partial charge in [-0.3, -0.25) is 0 Å². The predicted molar refractivity (Wildman–Crippen MR) is 71.2 cm³/mol. The van der Waals surface area contributed by atoms with Crippen molar-refractivity contribution in [3.8, 4) is 0 Å². The van der Waals surface area contributed by atoms with E-state index in [0.717, 1.165) is 11.3 Å². The standard InChI is InChI=1S/C13H19N3O/c1-4-9-14-13(17)15-10-11-5-7-12(8-6-11)16(2)3/h4-8H,1,9-10H2,2-3H3,(H2,14,15,17). The van der Waals surface area contributed by atoms with Gasteiger partial charge in [-0.05, 0) is 17.7 Å². The van der Waals surface area contributed by atoms with Crippen LogP contribution in [0, 0.1) is 0 Å². The van der Waals surface area contributed by atoms with Crippen LogP contribution in [0.15, 0.2) is 36.9 Å². The summed E-state index contributed by atoms with van der Waals surface area (Å²) in [7, 11) is 3.99. The molecule has 4 heteroatoms. The number of hydrogen-bond acceptors (Lipinski definition) is 2. The van der Waals surface area contributed by atoms with Crippen LogP contribution in [0.5, 0.6) is 0 Å². The van der Waals surface area contributed by atoms with Crippen molar-refractivity contribution in [2.24, 2.45) is 0 Å². The average molecular weight is 233 g/mol. The van der Waals surface area contributed by atoms with Gasteiger partial charge < -0.3 is 15.5 Å². The monoisotopic (exact) mass is 233 g/mol. The third kappa shape index (κ3) is 4.59. The van der Waals surface area contributed by atoms with Crippen molar-refractivity contribution < 1.29 is 4.79 Å². The number of amides is 2. The van der Waals surface area contributed by atoms with Crippen LogP contribution in [0.4, 0.5) is 10.5 Å². The Balaban J connectivity index is 2.41. The van der Waals surface area contributed by atoms with Gasteiger partial charge in [0.05, 0.1) is 0 Å². The van der Waals surface area contributed by atoms with Gasteiger partial charge in [0.2, 0.25) is 0 Å². The molecule has 17 heavy (non-hydrogen) atoms. The smallest absolute Gasteiger partial charge is 0.315 e. The van der Waals surface area contributed by atoms with Crippen molar-refractivity contribution in [1.29, 1.82) is 0 Å². The Labute approximate surface area is 102 Å². The quantitative estimate of drug-likeness (QED) is 0.761. The number of benzene rings is 1. The van der Waals surface area contributed by atoms with Crippen LogP contribution >= 0.6 is 0 Å². The van der Waals surface area contributed by atoms with E-state index in [1.165, 1.54) is 0 Å². The Hall–Kier alpha value is -1.97. The van der Waals surface area contributed by atoms with Gasteiger partial charge in [-0.25, -0.2) is 4.79 Å². The Morgan fingerprint density at radius 3 is 2.47 bits per heavy atom. The van der Waals surface area contributed by atoms with E-state index in [0.29, 0.717) is 13.1 Å². The molecule has 0 saturated heterocycles. The number of rotatable bonds is 5. The van der Waals surface area contributed by atoms with Gasteiger partial charge in [0.15, 0.2) is 0 Å². The van der Waals surface area contributed by atoms with Gasteiger partial charge in [0.1, 0.15) is 0 Å². The lowest BCUT2D eigenvalue weighted by atomic mass is 10.2. The molecule has 0 radical (unpaired) electrons. The molecule has 0 aliphatic rings. The van der Waals surface area contributed by atoms with E-state index in [1.54, 1.807) is 6.08 Å². The Kier molecular flexibility index (Phi) is 5.07. The molecule has 0 saturated carbocycles. The maximum atomic E-state index is 11.3. The molecule has 0 heterocycles. The molecule has 0 fully saturated rings. The lowest BCUT2D eigenvalue weighted by Gasteiger charge is -2.13. The molecule has 1 rings (SSSR count). The summed E-state index contributed by atoms with van der Waals surface area (Å²) < 4.78 is 0. The molecule has 2 amide bonds. The number of carbonyl (C=O) groups is 1. The van der Waals surface area contributed by atoms with Crippen LogP contribution in [0.1, 0.15) is 5.56 Å². The average Bonchev–Trinajstić information content (AvgIpc) is 2.34. The first-order valence-corrected chi connectivity index (χ1v) is 5.52. The summed E-state index contributed by atoms with van der Waals surface area (Å²) in [5.74, 6) is 0. The van der Waals surface area contributed by atoms with E-state index in [9.17, 15) is 4.79 Å². The van der Waals surface area contributed by atoms with Crippen LogP contribution in [0.2, 0.25) is 0 Å². The van der Waals surface area contributed by atoms with Crippen molar-refractivity contribution in [3.05, 3.63) is 42.5 Å². The molecular formula is C13H19N3O. The van der Waals surface area contributed by atoms with E-state index in [1.807, 2.05) is 43.3 Å². The molecule has 1 aromatic carbocycles. The summed E-state index contributed by atoms with van der Waals surface area (Å²) >= 11 is 0. The maximum absolute atomic E-state index is 11.3. The van der Waals surface area contributed by atoms with E-state index < -0.39 is 0 Å². The van der Waals surface area contributed by atoms with Gasteiger partial charge in [0, 0.05) is 32.9 Å². The molecule has 0 bridgehead atoms. The lowest BCUT2D eigenvalue weighted by molar-refractivity contribution is 0.241. The third-order valence-corrected chi connectivity index (χ3v) is 2.31. The molecule has 0 spiro atoms. The fraction of sp³-hybridized carbons (Fsp3) is 0.308. The zero-order valence-corrected chi connectivity index (χ0v) is 10.4. The highest BCUT2D eigenvalue weighted by Crippen LogP contribution is 2.11. The number of nitrogens with one attached hydrogen (secondary N) is 2. The molecule has 2 N–H and O–H groups in total. The van der Waals surface area contributed by atoms with E-state index >= 15 is 0 Å². The Bertz CT molecular complexity index is 371. The fourth-order valence-corrected chi connectivity index (χ4v) is 1.32. The van der Waals surface area contributed by atoms with Gasteiger partial charge in [-0.15, -0.1) is 6.58 Å². The first-order chi connectivity index (χ1) is 8.13. The fourth-order valence-electron chi connectivity index (χ4n) is 1.32. The highest BCUT2D eigenvalue weighted by Gasteiger charge is 1.99. The SMILES string of the molecule is C=CCNC(=O)NCc1ccc(N(C)C)cc1. The van der Waals surface area contributed by atoms with Crippen LogP contribution in [0.25, 0.3) is 0 Å². The number of nitrogens with zero attached hydrogens (tertiary/aromatic N) is 1. The minimum atomic E-state index is -0.179. The first-order valence-electron chi connectivity index (χ1n) is 5.52. The van der Waals surface area contributed by atoms with Crippen molar-refractivity contribution in [2.45, 2.75) is 6.54 Å². The second-order valence-electron chi connectivity index (χ2n) is 3.91. The van der Waals surface area contributed by atoms with Crippen LogP contribution in [-0.2, 0) is 6.54 Å². The number of urea groups is 1. The van der Waals surface area contributed by atoms with Gasteiger partial charge >= 0.3 is 6.03 Å². The van der Waals surface area contributed by atoms with Gasteiger partial charge in [0.25, 0.3) is 0 Å². The van der Waals surface area contributed by atoms with E-state index in [4.69, 9.17) is 0 Å². The van der Waals surface area contributed by atoms with Crippen LogP contribution in [-0.4, -0.2) is 26.7 Å². The zero-order valence-electron chi connectivity index (χ0n) is 10.4. The van der Waals surface area contributed by atoms with Crippen LogP contribution < -0.4 is 15.5 Å². The van der Waals surface area contributed by atoms with Gasteiger partial charge in [-0.2, -0.15) is 0 Å². The Morgan fingerprint density at radius 2 is 1.94 bits per heavy atom. The molecule has 0 aromatic heterocycles. The van der Waals surface area contributed by atoms with Crippen molar-refractivity contribution in [3.63, 3.8) is 0 Å². The highest BCUT2D eigenvalue weighted by atomic mass is 16.2. The number of anilines is 1. The predicted octanol–water partition coefficient (Wildman–Crippen LogP) is 1.74. The van der Waals surface area contributed by atoms with Gasteiger partial charge in [-0.1, -0.05) is 18.2 Å². The summed E-state index contributed by atoms with van der Waals surface area (Å²) in [4.78, 5) is 13.3. The second kappa shape index (κ2) is 6.58. The lowest BCUT2D eigenvalue weighted by Crippen LogP contribution is -2.34. The van der Waals surface area contributed by atoms with Crippen molar-refractivity contribution >= 4 is 11.7 Å². The molecule has 0 aliphatic heterocycles. The minimum Gasteiger partial charge on any atom is -0.378 e. The summed E-state index contributed by atoms with van der Waals surface area (Å²) in [5.41, 5.74) is 2.22. The summed E-state index contributed by atoms with van der Waals surface area (Å²) in [6.45, 7) is 4.53.